The summed E-state index contributed by atoms with van der Waals surface area (Å²) in [5.74, 6) is 0.528. The van der Waals surface area contributed by atoms with Gasteiger partial charge in [-0.15, -0.1) is 0 Å². The first kappa shape index (κ1) is 18.2. The highest BCUT2D eigenvalue weighted by atomic mass is 16.5. The largest absolute Gasteiger partial charge is 0.471 e. The Balaban J connectivity index is 1.55. The molecule has 0 saturated heterocycles. The van der Waals surface area contributed by atoms with Crippen molar-refractivity contribution in [2.24, 2.45) is 7.05 Å². The molecule has 0 radical (unpaired) electrons. The van der Waals surface area contributed by atoms with Crippen LogP contribution in [0.1, 0.15) is 39.9 Å². The molecule has 8 nitrogen and oxygen atoms in total. The Morgan fingerprint density at radius 3 is 2.86 bits per heavy atom. The number of hydrogen-bond donors (Lipinski definition) is 0. The third-order valence-corrected chi connectivity index (χ3v) is 4.98. The Morgan fingerprint density at radius 1 is 1.29 bits per heavy atom. The average molecular weight is 380 g/mol. The summed E-state index contributed by atoms with van der Waals surface area (Å²) in [4.78, 5) is 18.9. The van der Waals surface area contributed by atoms with E-state index in [0.717, 1.165) is 29.8 Å². The molecule has 146 valence electrons. The molecule has 1 amide bonds. The van der Waals surface area contributed by atoms with E-state index >= 15 is 0 Å². The summed E-state index contributed by atoms with van der Waals surface area (Å²) in [6, 6.07) is 5.59. The van der Waals surface area contributed by atoms with Crippen molar-refractivity contribution in [1.29, 1.82) is 0 Å². The van der Waals surface area contributed by atoms with Gasteiger partial charge in [0, 0.05) is 62.8 Å². The van der Waals surface area contributed by atoms with E-state index in [1.54, 1.807) is 23.1 Å². The lowest BCUT2D eigenvalue weighted by molar-refractivity contribution is 0.0725. The van der Waals surface area contributed by atoms with Crippen molar-refractivity contribution in [3.8, 4) is 5.88 Å². The lowest BCUT2D eigenvalue weighted by Crippen LogP contribution is -2.37. The van der Waals surface area contributed by atoms with E-state index in [-0.39, 0.29) is 5.91 Å². The molecule has 3 aromatic heterocycles. The van der Waals surface area contributed by atoms with Gasteiger partial charge in [0.15, 0.2) is 0 Å². The highest BCUT2D eigenvalue weighted by molar-refractivity contribution is 5.92. The van der Waals surface area contributed by atoms with Crippen molar-refractivity contribution in [2.45, 2.75) is 40.0 Å². The van der Waals surface area contributed by atoms with Crippen molar-refractivity contribution in [2.75, 3.05) is 6.54 Å². The van der Waals surface area contributed by atoms with Gasteiger partial charge in [0.25, 0.3) is 5.91 Å². The minimum atomic E-state index is -0.0530. The maximum atomic E-state index is 12.8. The zero-order chi connectivity index (χ0) is 19.7. The van der Waals surface area contributed by atoms with Crippen LogP contribution in [0.25, 0.3) is 0 Å². The predicted molar refractivity (Wildman–Crippen MR) is 103 cm³/mol. The molecule has 0 atom stereocenters. The Kier molecular flexibility index (Phi) is 4.85. The average Bonchev–Trinajstić information content (AvgIpc) is 3.29. The summed E-state index contributed by atoms with van der Waals surface area (Å²) in [6.45, 7) is 6.38. The van der Waals surface area contributed by atoms with Gasteiger partial charge in [-0.2, -0.15) is 10.2 Å². The van der Waals surface area contributed by atoms with Crippen LogP contribution in [0.3, 0.4) is 0 Å². The van der Waals surface area contributed by atoms with Gasteiger partial charge < -0.3 is 9.64 Å². The van der Waals surface area contributed by atoms with Gasteiger partial charge in [-0.25, -0.2) is 4.98 Å². The molecular formula is C20H24N6O2. The van der Waals surface area contributed by atoms with Crippen molar-refractivity contribution < 1.29 is 9.53 Å². The van der Waals surface area contributed by atoms with Crippen LogP contribution in [-0.2, 0) is 33.2 Å². The SMILES string of the molecule is CCn1nc(COc2cc(C)ccn2)c2c1CCN(C(=O)c1ccn(C)n1)C2. The van der Waals surface area contributed by atoms with Crippen molar-refractivity contribution >= 4 is 5.91 Å². The third kappa shape index (κ3) is 3.49. The van der Waals surface area contributed by atoms with Crippen LogP contribution in [-0.4, -0.2) is 41.9 Å². The Hall–Kier alpha value is -3.16. The van der Waals surface area contributed by atoms with E-state index in [9.17, 15) is 4.79 Å². The van der Waals surface area contributed by atoms with Crippen LogP contribution in [0.5, 0.6) is 5.88 Å². The van der Waals surface area contributed by atoms with Crippen LogP contribution in [0.2, 0.25) is 0 Å². The molecule has 0 aliphatic carbocycles. The van der Waals surface area contributed by atoms with Crippen molar-refractivity contribution in [1.82, 2.24) is 29.4 Å². The van der Waals surface area contributed by atoms with E-state index in [1.165, 1.54) is 5.69 Å². The molecule has 0 N–H and O–H groups in total. The zero-order valence-electron chi connectivity index (χ0n) is 16.4. The van der Waals surface area contributed by atoms with E-state index < -0.39 is 0 Å². The van der Waals surface area contributed by atoms with E-state index in [4.69, 9.17) is 9.84 Å². The van der Waals surface area contributed by atoms with Gasteiger partial charge >= 0.3 is 0 Å². The van der Waals surface area contributed by atoms with Crippen LogP contribution in [0.15, 0.2) is 30.6 Å². The van der Waals surface area contributed by atoms with Gasteiger partial charge in [-0.05, 0) is 31.5 Å². The molecule has 0 fully saturated rings. The molecule has 0 saturated carbocycles. The summed E-state index contributed by atoms with van der Waals surface area (Å²) in [7, 11) is 1.81. The van der Waals surface area contributed by atoms with E-state index in [0.29, 0.717) is 31.3 Å². The molecule has 4 rings (SSSR count). The molecule has 3 aromatic rings. The fourth-order valence-corrected chi connectivity index (χ4v) is 3.53. The topological polar surface area (TPSA) is 78.1 Å². The number of ether oxygens (including phenoxy) is 1. The van der Waals surface area contributed by atoms with Crippen LogP contribution >= 0.6 is 0 Å². The van der Waals surface area contributed by atoms with E-state index in [2.05, 4.69) is 17.0 Å². The predicted octanol–water partition coefficient (Wildman–Crippen LogP) is 2.12. The minimum Gasteiger partial charge on any atom is -0.471 e. The molecule has 0 spiro atoms. The fourth-order valence-electron chi connectivity index (χ4n) is 3.53. The molecule has 28 heavy (non-hydrogen) atoms. The molecular weight excluding hydrogens is 356 g/mol. The number of fused-ring (bicyclic) bond motifs is 1. The van der Waals surface area contributed by atoms with Gasteiger partial charge in [0.2, 0.25) is 5.88 Å². The summed E-state index contributed by atoms with van der Waals surface area (Å²) in [5, 5.41) is 8.97. The number of carbonyl (C=O) groups is 1. The van der Waals surface area contributed by atoms with Gasteiger partial charge in [-0.3, -0.25) is 14.2 Å². The minimum absolute atomic E-state index is 0.0530. The van der Waals surface area contributed by atoms with Crippen LogP contribution < -0.4 is 4.74 Å². The molecule has 0 bridgehead atoms. The number of pyridine rings is 1. The Bertz CT molecular complexity index is 1010. The highest BCUT2D eigenvalue weighted by Gasteiger charge is 2.28. The normalized spacial score (nSPS) is 13.5. The first-order valence-corrected chi connectivity index (χ1v) is 9.47. The number of nitrogens with zero attached hydrogens (tertiary/aromatic N) is 6. The van der Waals surface area contributed by atoms with Crippen molar-refractivity contribution in [3.63, 3.8) is 0 Å². The van der Waals surface area contributed by atoms with Gasteiger partial charge in [0.1, 0.15) is 18.0 Å². The highest BCUT2D eigenvalue weighted by Crippen LogP contribution is 2.25. The van der Waals surface area contributed by atoms with Crippen molar-refractivity contribution in [3.05, 3.63) is 58.8 Å². The fraction of sp³-hybridized carbons (Fsp3) is 0.400. The summed E-state index contributed by atoms with van der Waals surface area (Å²) in [6.07, 6.45) is 4.29. The second kappa shape index (κ2) is 7.46. The van der Waals surface area contributed by atoms with Crippen LogP contribution in [0, 0.1) is 6.92 Å². The van der Waals surface area contributed by atoms with Crippen LogP contribution in [0.4, 0.5) is 0 Å². The van der Waals surface area contributed by atoms with E-state index in [1.807, 2.05) is 35.7 Å². The number of aryl methyl sites for hydroxylation is 3. The quantitative estimate of drug-likeness (QED) is 0.677. The molecule has 1 aliphatic heterocycles. The molecule has 4 heterocycles. The lowest BCUT2D eigenvalue weighted by atomic mass is 10.0. The first-order valence-electron chi connectivity index (χ1n) is 9.47. The zero-order valence-corrected chi connectivity index (χ0v) is 16.4. The smallest absolute Gasteiger partial charge is 0.274 e. The van der Waals surface area contributed by atoms with Gasteiger partial charge in [-0.1, -0.05) is 0 Å². The first-order chi connectivity index (χ1) is 13.5. The summed E-state index contributed by atoms with van der Waals surface area (Å²) < 4.78 is 9.53. The second-order valence-corrected chi connectivity index (χ2v) is 7.00. The standard InChI is InChI=1S/C20H24N6O2/c1-4-26-18-7-10-25(20(27)16-6-9-24(3)22-16)12-15(18)17(23-26)13-28-19-11-14(2)5-8-21-19/h5-6,8-9,11H,4,7,10,12-13H2,1-3H3. The Labute approximate surface area is 163 Å². The number of hydrogen-bond acceptors (Lipinski definition) is 5. The molecule has 1 aliphatic rings. The number of carbonyl (C=O) groups excluding carboxylic acids is 1. The monoisotopic (exact) mass is 380 g/mol. The summed E-state index contributed by atoms with van der Waals surface area (Å²) in [5.41, 5.74) is 4.68. The second-order valence-electron chi connectivity index (χ2n) is 7.00. The maximum absolute atomic E-state index is 12.8. The maximum Gasteiger partial charge on any atom is 0.274 e. The Morgan fingerprint density at radius 2 is 2.14 bits per heavy atom. The number of aromatic nitrogens is 5. The molecule has 0 unspecified atom stereocenters. The molecule has 0 aromatic carbocycles. The lowest BCUT2D eigenvalue weighted by Gasteiger charge is -2.27. The third-order valence-electron chi connectivity index (χ3n) is 4.98. The summed E-state index contributed by atoms with van der Waals surface area (Å²) >= 11 is 0. The number of rotatable bonds is 5. The molecule has 8 heteroatoms. The number of amides is 1. The van der Waals surface area contributed by atoms with Gasteiger partial charge in [0.05, 0.1) is 0 Å².